The number of alkyl halides is 3. The van der Waals surface area contributed by atoms with Crippen LogP contribution in [0.5, 0.6) is 0 Å². The Hall–Kier alpha value is -0.810. The van der Waals surface area contributed by atoms with E-state index in [0.717, 1.165) is 18.8 Å². The highest BCUT2D eigenvalue weighted by Crippen LogP contribution is 2.32. The third-order valence-electron chi connectivity index (χ3n) is 3.14. The standard InChI is InChI=1S/C14H20ClF3N2/c1-5-19-12(13(2,3)4)7-11-10(15)6-9(8-20-11)14(16,17)18/h6,8,12,19H,5,7H2,1-4H3. The molecule has 1 heterocycles. The fourth-order valence-corrected chi connectivity index (χ4v) is 2.14. The number of hydrogen-bond acceptors (Lipinski definition) is 2. The van der Waals surface area contributed by atoms with Crippen LogP contribution in [0.25, 0.3) is 0 Å². The highest BCUT2D eigenvalue weighted by atomic mass is 35.5. The van der Waals surface area contributed by atoms with Gasteiger partial charge in [-0.1, -0.05) is 39.3 Å². The first kappa shape index (κ1) is 17.2. The molecule has 0 saturated carbocycles. The maximum absolute atomic E-state index is 12.6. The summed E-state index contributed by atoms with van der Waals surface area (Å²) in [4.78, 5) is 3.89. The Labute approximate surface area is 122 Å². The minimum atomic E-state index is -4.42. The molecule has 1 aromatic heterocycles. The second kappa shape index (κ2) is 6.31. The summed E-state index contributed by atoms with van der Waals surface area (Å²) >= 11 is 5.94. The van der Waals surface area contributed by atoms with Crippen LogP contribution in [-0.2, 0) is 12.6 Å². The number of pyridine rings is 1. The number of hydrogen-bond donors (Lipinski definition) is 1. The largest absolute Gasteiger partial charge is 0.417 e. The molecular formula is C14H20ClF3N2. The van der Waals surface area contributed by atoms with Gasteiger partial charge in [0.1, 0.15) is 0 Å². The third-order valence-corrected chi connectivity index (χ3v) is 3.47. The van der Waals surface area contributed by atoms with Gasteiger partial charge in [0.2, 0.25) is 0 Å². The third kappa shape index (κ3) is 4.63. The molecule has 0 spiro atoms. The van der Waals surface area contributed by atoms with Gasteiger partial charge in [0.15, 0.2) is 0 Å². The molecule has 1 atom stereocenters. The first-order valence-electron chi connectivity index (χ1n) is 6.50. The highest BCUT2D eigenvalue weighted by Gasteiger charge is 2.32. The summed E-state index contributed by atoms with van der Waals surface area (Å²) in [7, 11) is 0. The fraction of sp³-hybridized carbons (Fsp3) is 0.643. The van der Waals surface area contributed by atoms with Gasteiger partial charge >= 0.3 is 6.18 Å². The zero-order chi connectivity index (χ0) is 15.6. The molecule has 1 aromatic rings. The van der Waals surface area contributed by atoms with E-state index in [4.69, 9.17) is 11.6 Å². The van der Waals surface area contributed by atoms with E-state index in [1.54, 1.807) is 0 Å². The molecule has 2 nitrogen and oxygen atoms in total. The van der Waals surface area contributed by atoms with Crippen molar-refractivity contribution in [3.05, 3.63) is 28.5 Å². The average molecular weight is 309 g/mol. The molecule has 0 aliphatic carbocycles. The Morgan fingerprint density at radius 3 is 2.30 bits per heavy atom. The molecule has 114 valence electrons. The molecule has 0 fully saturated rings. The number of aromatic nitrogens is 1. The smallest absolute Gasteiger partial charge is 0.313 e. The van der Waals surface area contributed by atoms with Crippen LogP contribution in [0.3, 0.4) is 0 Å². The summed E-state index contributed by atoms with van der Waals surface area (Å²) in [6.45, 7) is 8.97. The number of halogens is 4. The SMILES string of the molecule is CCNC(Cc1ncc(C(F)(F)F)cc1Cl)C(C)(C)C. The first-order valence-corrected chi connectivity index (χ1v) is 6.88. The van der Waals surface area contributed by atoms with E-state index in [9.17, 15) is 13.2 Å². The topological polar surface area (TPSA) is 24.9 Å². The van der Waals surface area contributed by atoms with Crippen LogP contribution in [0.15, 0.2) is 12.3 Å². The normalized spacial score (nSPS) is 14.4. The van der Waals surface area contributed by atoms with E-state index in [-0.39, 0.29) is 16.5 Å². The van der Waals surface area contributed by atoms with Crippen molar-refractivity contribution in [1.82, 2.24) is 10.3 Å². The molecular weight excluding hydrogens is 289 g/mol. The minimum absolute atomic E-state index is 0.0380. The molecule has 20 heavy (non-hydrogen) atoms. The summed E-state index contributed by atoms with van der Waals surface area (Å²) in [6.07, 6.45) is -3.08. The molecule has 1 N–H and O–H groups in total. The lowest BCUT2D eigenvalue weighted by molar-refractivity contribution is -0.137. The molecule has 0 radical (unpaired) electrons. The van der Waals surface area contributed by atoms with Crippen LogP contribution in [0.4, 0.5) is 13.2 Å². The van der Waals surface area contributed by atoms with E-state index < -0.39 is 11.7 Å². The number of nitrogens with one attached hydrogen (secondary N) is 1. The van der Waals surface area contributed by atoms with Crippen LogP contribution in [0.1, 0.15) is 39.0 Å². The van der Waals surface area contributed by atoms with Crippen LogP contribution < -0.4 is 5.32 Å². The molecule has 1 unspecified atom stereocenters. The number of likely N-dealkylation sites (N-methyl/N-ethyl adjacent to an activating group) is 1. The molecule has 1 rings (SSSR count). The van der Waals surface area contributed by atoms with Gasteiger partial charge in [-0.3, -0.25) is 4.98 Å². The lowest BCUT2D eigenvalue weighted by Gasteiger charge is -2.31. The van der Waals surface area contributed by atoms with E-state index in [2.05, 4.69) is 31.1 Å². The van der Waals surface area contributed by atoms with Gasteiger partial charge in [-0.2, -0.15) is 13.2 Å². The molecule has 6 heteroatoms. The minimum Gasteiger partial charge on any atom is -0.313 e. The van der Waals surface area contributed by atoms with Gasteiger partial charge in [0.25, 0.3) is 0 Å². The highest BCUT2D eigenvalue weighted by molar-refractivity contribution is 6.31. The van der Waals surface area contributed by atoms with Gasteiger partial charge < -0.3 is 5.32 Å². The predicted octanol–water partition coefficient (Wildman–Crippen LogP) is 4.32. The van der Waals surface area contributed by atoms with Crippen molar-refractivity contribution in [2.24, 2.45) is 5.41 Å². The van der Waals surface area contributed by atoms with E-state index in [1.165, 1.54) is 0 Å². The second-order valence-corrected chi connectivity index (χ2v) is 6.24. The average Bonchev–Trinajstić information content (AvgIpc) is 2.28. The quantitative estimate of drug-likeness (QED) is 0.896. The first-order chi connectivity index (χ1) is 9.05. The van der Waals surface area contributed by atoms with Crippen molar-refractivity contribution in [3.8, 4) is 0 Å². The van der Waals surface area contributed by atoms with Crippen LogP contribution in [0, 0.1) is 5.41 Å². The van der Waals surface area contributed by atoms with Gasteiger partial charge in [0.05, 0.1) is 16.3 Å². The van der Waals surface area contributed by atoms with Crippen molar-refractivity contribution in [3.63, 3.8) is 0 Å². The van der Waals surface area contributed by atoms with Gasteiger partial charge in [-0.15, -0.1) is 0 Å². The molecule has 0 aliphatic heterocycles. The van der Waals surface area contributed by atoms with E-state index >= 15 is 0 Å². The van der Waals surface area contributed by atoms with Crippen molar-refractivity contribution < 1.29 is 13.2 Å². The summed E-state index contributed by atoms with van der Waals surface area (Å²) < 4.78 is 37.7. The van der Waals surface area contributed by atoms with Crippen molar-refractivity contribution >= 4 is 11.6 Å². The molecule has 0 amide bonds. The summed E-state index contributed by atoms with van der Waals surface area (Å²) in [5.41, 5.74) is -0.369. The van der Waals surface area contributed by atoms with Crippen LogP contribution in [0.2, 0.25) is 5.02 Å². The molecule has 0 saturated heterocycles. The van der Waals surface area contributed by atoms with Gasteiger partial charge in [0, 0.05) is 18.7 Å². The van der Waals surface area contributed by atoms with Crippen molar-refractivity contribution in [2.75, 3.05) is 6.54 Å². The predicted molar refractivity (Wildman–Crippen MR) is 74.9 cm³/mol. The van der Waals surface area contributed by atoms with Crippen LogP contribution >= 0.6 is 11.6 Å². The Morgan fingerprint density at radius 1 is 1.30 bits per heavy atom. The molecule has 0 aromatic carbocycles. The Balaban J connectivity index is 2.98. The molecule has 0 bridgehead atoms. The van der Waals surface area contributed by atoms with Gasteiger partial charge in [-0.05, 0) is 18.0 Å². The number of rotatable bonds is 4. The maximum atomic E-state index is 12.6. The Bertz CT molecular complexity index is 453. The van der Waals surface area contributed by atoms with Crippen LogP contribution in [-0.4, -0.2) is 17.6 Å². The number of nitrogens with zero attached hydrogens (tertiary/aromatic N) is 1. The lowest BCUT2D eigenvalue weighted by atomic mass is 9.84. The molecule has 0 aliphatic rings. The van der Waals surface area contributed by atoms with E-state index in [0.29, 0.717) is 12.1 Å². The Morgan fingerprint density at radius 2 is 1.90 bits per heavy atom. The second-order valence-electron chi connectivity index (χ2n) is 5.83. The summed E-state index contributed by atoms with van der Waals surface area (Å²) in [5.74, 6) is 0. The zero-order valence-corrected chi connectivity index (χ0v) is 12.9. The summed E-state index contributed by atoms with van der Waals surface area (Å²) in [5, 5.41) is 3.38. The van der Waals surface area contributed by atoms with Crippen molar-refractivity contribution in [1.29, 1.82) is 0 Å². The lowest BCUT2D eigenvalue weighted by Crippen LogP contribution is -2.42. The zero-order valence-electron chi connectivity index (χ0n) is 12.1. The fourth-order valence-electron chi connectivity index (χ4n) is 1.90. The van der Waals surface area contributed by atoms with Gasteiger partial charge in [-0.25, -0.2) is 0 Å². The van der Waals surface area contributed by atoms with Crippen molar-refractivity contribution in [2.45, 2.75) is 46.3 Å². The summed E-state index contributed by atoms with van der Waals surface area (Å²) in [6, 6.07) is 1.03. The monoisotopic (exact) mass is 308 g/mol. The maximum Gasteiger partial charge on any atom is 0.417 e. The van der Waals surface area contributed by atoms with E-state index in [1.807, 2.05) is 6.92 Å². The Kier molecular flexibility index (Phi) is 5.44.